The fourth-order valence-corrected chi connectivity index (χ4v) is 8.15. The van der Waals surface area contributed by atoms with Crippen molar-refractivity contribution in [3.05, 3.63) is 25.3 Å². The number of ether oxygens (including phenoxy) is 2. The number of fused-ring (bicyclic) bond motifs is 1. The maximum atomic E-state index is 14.9. The van der Waals surface area contributed by atoms with Crippen LogP contribution >= 0.6 is 0 Å². The molecule has 2 unspecified atom stereocenters. The number of amides is 2. The zero-order chi connectivity index (χ0) is 31.0. The third-order valence-corrected chi connectivity index (χ3v) is 9.29. The molecular formula is C33H54N2O6. The summed E-state index contributed by atoms with van der Waals surface area (Å²) in [4.78, 5) is 46.5. The Labute approximate surface area is 247 Å². The number of hydrogen-bond acceptors (Lipinski definition) is 6. The topological polar surface area (TPSA) is 96.4 Å². The number of aliphatic hydroxyl groups excluding tert-OH is 1. The van der Waals surface area contributed by atoms with Crippen molar-refractivity contribution in [1.29, 1.82) is 0 Å². The van der Waals surface area contributed by atoms with Crippen LogP contribution in [0.15, 0.2) is 25.3 Å². The molecule has 6 atom stereocenters. The van der Waals surface area contributed by atoms with Crippen molar-refractivity contribution >= 4 is 17.8 Å². The summed E-state index contributed by atoms with van der Waals surface area (Å²) in [6.07, 6.45) is 6.74. The Bertz CT molecular complexity index is 1020. The lowest BCUT2D eigenvalue weighted by atomic mass is 9.65. The average molecular weight is 575 g/mol. The summed E-state index contributed by atoms with van der Waals surface area (Å²) in [6.45, 7) is 24.4. The van der Waals surface area contributed by atoms with Gasteiger partial charge in [-0.05, 0) is 63.7 Å². The molecule has 0 saturated carbocycles. The molecule has 0 aromatic rings. The lowest BCUT2D eigenvalue weighted by Gasteiger charge is -2.46. The van der Waals surface area contributed by atoms with Crippen LogP contribution in [0.5, 0.6) is 0 Å². The molecule has 41 heavy (non-hydrogen) atoms. The van der Waals surface area contributed by atoms with E-state index in [2.05, 4.69) is 33.9 Å². The normalized spacial score (nSPS) is 30.0. The van der Waals surface area contributed by atoms with Crippen LogP contribution in [0.2, 0.25) is 0 Å². The number of aliphatic hydroxyl groups is 1. The highest BCUT2D eigenvalue weighted by Crippen LogP contribution is 2.65. The van der Waals surface area contributed by atoms with Gasteiger partial charge in [0.15, 0.2) is 0 Å². The van der Waals surface area contributed by atoms with Gasteiger partial charge in [-0.15, -0.1) is 13.2 Å². The SMILES string of the molecule is C=CCCOC(=O)[C@H]1[C@H]2C(=O)N([C@@H](CO)CC(C)C)C(C(=O)N(CC=C)C(C)(C)CC(C)(C)C)C23CC[C@]1(CC)O3. The molecule has 0 radical (unpaired) electrons. The van der Waals surface area contributed by atoms with E-state index in [1.807, 2.05) is 39.5 Å². The molecule has 8 nitrogen and oxygen atoms in total. The van der Waals surface area contributed by atoms with Crippen LogP contribution in [-0.4, -0.2) is 81.3 Å². The molecule has 232 valence electrons. The van der Waals surface area contributed by atoms with Gasteiger partial charge in [0.2, 0.25) is 11.8 Å². The van der Waals surface area contributed by atoms with Crippen LogP contribution in [0.3, 0.4) is 0 Å². The highest BCUT2D eigenvalue weighted by molar-refractivity contribution is 5.99. The van der Waals surface area contributed by atoms with E-state index < -0.39 is 46.6 Å². The summed E-state index contributed by atoms with van der Waals surface area (Å²) in [5, 5.41) is 10.6. The maximum Gasteiger partial charge on any atom is 0.312 e. The number of esters is 1. The van der Waals surface area contributed by atoms with E-state index in [1.54, 1.807) is 17.1 Å². The van der Waals surface area contributed by atoms with Gasteiger partial charge in [-0.3, -0.25) is 14.4 Å². The number of carbonyl (C=O) groups excluding carboxylic acids is 3. The monoisotopic (exact) mass is 574 g/mol. The van der Waals surface area contributed by atoms with Gasteiger partial charge in [-0.1, -0.05) is 53.7 Å². The van der Waals surface area contributed by atoms with Gasteiger partial charge in [0.25, 0.3) is 0 Å². The van der Waals surface area contributed by atoms with Crippen LogP contribution in [0, 0.1) is 23.2 Å². The minimum Gasteiger partial charge on any atom is -0.465 e. The van der Waals surface area contributed by atoms with E-state index >= 15 is 0 Å². The van der Waals surface area contributed by atoms with Gasteiger partial charge in [-0.2, -0.15) is 0 Å². The molecule has 3 saturated heterocycles. The fraction of sp³-hybridized carbons (Fsp3) is 0.788. The highest BCUT2D eigenvalue weighted by atomic mass is 16.6. The third kappa shape index (κ3) is 6.01. The quantitative estimate of drug-likeness (QED) is 0.180. The Kier molecular flexibility index (Phi) is 9.91. The summed E-state index contributed by atoms with van der Waals surface area (Å²) >= 11 is 0. The van der Waals surface area contributed by atoms with Crippen LogP contribution in [0.25, 0.3) is 0 Å². The fourth-order valence-electron chi connectivity index (χ4n) is 8.15. The smallest absolute Gasteiger partial charge is 0.312 e. The molecule has 3 rings (SSSR count). The first kappa shape index (κ1) is 33.3. The van der Waals surface area contributed by atoms with E-state index in [9.17, 15) is 19.5 Å². The Hall–Kier alpha value is -2.19. The van der Waals surface area contributed by atoms with E-state index in [1.165, 1.54) is 0 Å². The molecule has 0 aromatic carbocycles. The molecule has 3 heterocycles. The molecule has 2 amide bonds. The predicted molar refractivity (Wildman–Crippen MR) is 160 cm³/mol. The van der Waals surface area contributed by atoms with Crippen molar-refractivity contribution in [2.45, 2.75) is 123 Å². The molecule has 1 spiro atoms. The summed E-state index contributed by atoms with van der Waals surface area (Å²) in [6, 6.07) is -1.54. The van der Waals surface area contributed by atoms with Gasteiger partial charge >= 0.3 is 5.97 Å². The summed E-state index contributed by atoms with van der Waals surface area (Å²) < 4.78 is 12.6. The van der Waals surface area contributed by atoms with Crippen LogP contribution in [0.4, 0.5) is 0 Å². The minimum atomic E-state index is -1.17. The van der Waals surface area contributed by atoms with E-state index in [0.717, 1.165) is 6.42 Å². The summed E-state index contributed by atoms with van der Waals surface area (Å²) in [5.74, 6) is -2.46. The van der Waals surface area contributed by atoms with Crippen molar-refractivity contribution in [1.82, 2.24) is 9.80 Å². The molecular weight excluding hydrogens is 520 g/mol. The van der Waals surface area contributed by atoms with Crippen molar-refractivity contribution in [3.63, 3.8) is 0 Å². The van der Waals surface area contributed by atoms with E-state index in [0.29, 0.717) is 38.6 Å². The Morgan fingerprint density at radius 1 is 1.20 bits per heavy atom. The van der Waals surface area contributed by atoms with E-state index in [4.69, 9.17) is 9.47 Å². The van der Waals surface area contributed by atoms with Crippen molar-refractivity contribution in [2.75, 3.05) is 19.8 Å². The first-order valence-electron chi connectivity index (χ1n) is 15.4. The Morgan fingerprint density at radius 2 is 1.85 bits per heavy atom. The average Bonchev–Trinajstić information content (AvgIpc) is 3.47. The molecule has 0 aliphatic carbocycles. The number of likely N-dealkylation sites (tertiary alicyclic amines) is 1. The van der Waals surface area contributed by atoms with Crippen LogP contribution in [-0.2, 0) is 23.9 Å². The van der Waals surface area contributed by atoms with Crippen molar-refractivity contribution in [2.24, 2.45) is 23.2 Å². The predicted octanol–water partition coefficient (Wildman–Crippen LogP) is 4.90. The lowest BCUT2D eigenvalue weighted by molar-refractivity contribution is -0.165. The first-order valence-corrected chi connectivity index (χ1v) is 15.4. The summed E-state index contributed by atoms with van der Waals surface area (Å²) in [5.41, 5.74) is -2.65. The third-order valence-electron chi connectivity index (χ3n) is 9.29. The Balaban J connectivity index is 2.18. The molecule has 3 aliphatic heterocycles. The molecule has 0 aromatic heterocycles. The second kappa shape index (κ2) is 12.2. The number of carbonyl (C=O) groups is 3. The van der Waals surface area contributed by atoms with Gasteiger partial charge in [0.1, 0.15) is 17.6 Å². The standard InChI is InChI=1S/C33H54N2O6/c1-11-14-18-40-29(39)25-24-27(37)35(23(20-36)19-22(4)5)26(33(24)16-15-32(25,13-3)41-33)28(38)34(17-12-2)31(9,10)21-30(6,7)8/h11-12,22-26,36H,1-2,13-21H2,3-10H3/t23-,24+,25-,26?,32+,33?/m1/s1. The number of nitrogens with zero attached hydrogens (tertiary/aromatic N) is 2. The highest BCUT2D eigenvalue weighted by Gasteiger charge is 2.79. The van der Waals surface area contributed by atoms with Gasteiger partial charge in [-0.25, -0.2) is 0 Å². The lowest BCUT2D eigenvalue weighted by Crippen LogP contribution is -2.62. The second-order valence-corrected chi connectivity index (χ2v) is 14.6. The minimum absolute atomic E-state index is 0.0602. The van der Waals surface area contributed by atoms with Crippen molar-refractivity contribution < 1.29 is 29.0 Å². The maximum absolute atomic E-state index is 14.9. The molecule has 3 aliphatic rings. The zero-order valence-electron chi connectivity index (χ0n) is 26.7. The number of hydrogen-bond donors (Lipinski definition) is 1. The molecule has 2 bridgehead atoms. The molecule has 8 heteroatoms. The van der Waals surface area contributed by atoms with Gasteiger partial charge < -0.3 is 24.4 Å². The van der Waals surface area contributed by atoms with Crippen LogP contribution in [0.1, 0.15) is 93.9 Å². The summed E-state index contributed by atoms with van der Waals surface area (Å²) in [7, 11) is 0. The zero-order valence-corrected chi connectivity index (χ0v) is 26.7. The second-order valence-electron chi connectivity index (χ2n) is 14.6. The van der Waals surface area contributed by atoms with Crippen molar-refractivity contribution in [3.8, 4) is 0 Å². The first-order chi connectivity index (χ1) is 19.1. The molecule has 1 N–H and O–H groups in total. The largest absolute Gasteiger partial charge is 0.465 e. The van der Waals surface area contributed by atoms with Gasteiger partial charge in [0, 0.05) is 12.1 Å². The number of rotatable bonds is 14. The van der Waals surface area contributed by atoms with E-state index in [-0.39, 0.29) is 36.4 Å². The molecule has 3 fully saturated rings. The van der Waals surface area contributed by atoms with Crippen LogP contribution < -0.4 is 0 Å². The van der Waals surface area contributed by atoms with Gasteiger partial charge in [0.05, 0.1) is 30.8 Å². The Morgan fingerprint density at radius 3 is 2.37 bits per heavy atom.